The van der Waals surface area contributed by atoms with Gasteiger partial charge in [0.25, 0.3) is 5.91 Å². The van der Waals surface area contributed by atoms with Crippen molar-refractivity contribution >= 4 is 43.6 Å². The number of carbonyl (C=O) groups is 1. The first-order valence-electron chi connectivity index (χ1n) is 5.35. The molecule has 0 aliphatic heterocycles. The van der Waals surface area contributed by atoms with Crippen molar-refractivity contribution in [3.8, 4) is 5.75 Å². The first-order chi connectivity index (χ1) is 9.04. The van der Waals surface area contributed by atoms with E-state index in [0.29, 0.717) is 17.3 Å². The molecule has 2 rings (SSSR count). The van der Waals surface area contributed by atoms with Crippen molar-refractivity contribution in [3.05, 3.63) is 39.0 Å². The van der Waals surface area contributed by atoms with Gasteiger partial charge in [0.1, 0.15) is 11.5 Å². The molecule has 5 nitrogen and oxygen atoms in total. The molecule has 0 unspecified atom stereocenters. The number of nitrogens with zero attached hydrogens (tertiary/aromatic N) is 1. The molecule has 0 aliphatic carbocycles. The Morgan fingerprint density at radius 1 is 1.42 bits per heavy atom. The van der Waals surface area contributed by atoms with Crippen LogP contribution in [0.5, 0.6) is 5.75 Å². The number of hydrogen-bond acceptors (Lipinski definition) is 4. The van der Waals surface area contributed by atoms with Crippen molar-refractivity contribution in [2.45, 2.75) is 6.92 Å². The van der Waals surface area contributed by atoms with Crippen LogP contribution in [-0.4, -0.2) is 17.7 Å². The van der Waals surface area contributed by atoms with E-state index in [1.54, 1.807) is 19.1 Å². The van der Waals surface area contributed by atoms with Crippen molar-refractivity contribution in [2.75, 3.05) is 11.9 Å². The second-order valence-electron chi connectivity index (χ2n) is 3.73. The average molecular weight is 390 g/mol. The van der Waals surface area contributed by atoms with Gasteiger partial charge in [-0.2, -0.15) is 0 Å². The number of nitrogens with one attached hydrogen (secondary N) is 1. The highest BCUT2D eigenvalue weighted by Crippen LogP contribution is 2.28. The third kappa shape index (κ3) is 4.07. The quantitative estimate of drug-likeness (QED) is 0.868. The van der Waals surface area contributed by atoms with Gasteiger partial charge < -0.3 is 14.6 Å². The Labute approximate surface area is 126 Å². The minimum Gasteiger partial charge on any atom is -0.483 e. The number of ether oxygens (including phenoxy) is 1. The molecule has 0 saturated heterocycles. The molecular formula is C12H10Br2N2O3. The van der Waals surface area contributed by atoms with Crippen LogP contribution in [0.4, 0.5) is 5.82 Å². The fraction of sp³-hybridized carbons (Fsp3) is 0.167. The maximum Gasteiger partial charge on any atom is 0.263 e. The SMILES string of the molecule is Cc1cc(NC(=O)COc2ccc(Br)cc2Br)no1. The zero-order chi connectivity index (χ0) is 13.8. The van der Waals surface area contributed by atoms with Crippen LogP contribution in [0.15, 0.2) is 37.7 Å². The summed E-state index contributed by atoms with van der Waals surface area (Å²) >= 11 is 6.69. The number of aryl methyl sites for hydroxylation is 1. The van der Waals surface area contributed by atoms with Gasteiger partial charge in [0.05, 0.1) is 4.47 Å². The summed E-state index contributed by atoms with van der Waals surface area (Å²) in [6, 6.07) is 7.07. The lowest BCUT2D eigenvalue weighted by atomic mass is 10.3. The lowest BCUT2D eigenvalue weighted by Gasteiger charge is -2.07. The van der Waals surface area contributed by atoms with E-state index in [2.05, 4.69) is 42.3 Å². The normalized spacial score (nSPS) is 10.3. The van der Waals surface area contributed by atoms with Crippen molar-refractivity contribution in [2.24, 2.45) is 0 Å². The lowest BCUT2D eigenvalue weighted by Crippen LogP contribution is -2.20. The van der Waals surface area contributed by atoms with Crippen LogP contribution in [-0.2, 0) is 4.79 Å². The van der Waals surface area contributed by atoms with Crippen LogP contribution in [0.25, 0.3) is 0 Å². The molecule has 1 aromatic carbocycles. The Hall–Kier alpha value is -1.34. The van der Waals surface area contributed by atoms with E-state index in [1.165, 1.54) is 0 Å². The molecule has 19 heavy (non-hydrogen) atoms. The van der Waals surface area contributed by atoms with Crippen LogP contribution in [0.2, 0.25) is 0 Å². The molecule has 0 bridgehead atoms. The molecule has 1 amide bonds. The maximum atomic E-state index is 11.6. The number of aromatic nitrogens is 1. The smallest absolute Gasteiger partial charge is 0.263 e. The van der Waals surface area contributed by atoms with E-state index in [4.69, 9.17) is 9.26 Å². The fourth-order valence-electron chi connectivity index (χ4n) is 1.34. The zero-order valence-corrected chi connectivity index (χ0v) is 13.1. The van der Waals surface area contributed by atoms with Crippen LogP contribution in [0, 0.1) is 6.92 Å². The molecule has 0 atom stereocenters. The standard InChI is InChI=1S/C12H10Br2N2O3/c1-7-4-11(16-19-7)15-12(17)6-18-10-3-2-8(13)5-9(10)14/h2-5H,6H2,1H3,(H,15,16,17). The van der Waals surface area contributed by atoms with Crippen LogP contribution in [0.3, 0.4) is 0 Å². The summed E-state index contributed by atoms with van der Waals surface area (Å²) in [5.41, 5.74) is 0. The second kappa shape index (κ2) is 6.21. The van der Waals surface area contributed by atoms with Gasteiger partial charge in [-0.05, 0) is 41.1 Å². The molecule has 0 aliphatic rings. The minimum atomic E-state index is -0.303. The summed E-state index contributed by atoms with van der Waals surface area (Å²) in [5, 5.41) is 6.23. The number of carbonyl (C=O) groups excluding carboxylic acids is 1. The van der Waals surface area contributed by atoms with E-state index in [0.717, 1.165) is 8.95 Å². The lowest BCUT2D eigenvalue weighted by molar-refractivity contribution is -0.118. The first-order valence-corrected chi connectivity index (χ1v) is 6.94. The number of halogens is 2. The minimum absolute atomic E-state index is 0.105. The van der Waals surface area contributed by atoms with Gasteiger partial charge in [0.15, 0.2) is 12.4 Å². The van der Waals surface area contributed by atoms with Gasteiger partial charge in [-0.25, -0.2) is 0 Å². The van der Waals surface area contributed by atoms with Gasteiger partial charge in [-0.15, -0.1) is 0 Å². The molecule has 2 aromatic rings. The molecule has 1 heterocycles. The number of anilines is 1. The molecule has 1 aromatic heterocycles. The fourth-order valence-corrected chi connectivity index (χ4v) is 2.50. The largest absolute Gasteiger partial charge is 0.483 e. The van der Waals surface area contributed by atoms with Crippen LogP contribution in [0.1, 0.15) is 5.76 Å². The summed E-state index contributed by atoms with van der Waals surface area (Å²) in [6.45, 7) is 1.64. The summed E-state index contributed by atoms with van der Waals surface area (Å²) in [7, 11) is 0. The highest BCUT2D eigenvalue weighted by atomic mass is 79.9. The van der Waals surface area contributed by atoms with Gasteiger partial charge in [-0.3, -0.25) is 4.79 Å². The Morgan fingerprint density at radius 2 is 2.21 bits per heavy atom. The highest BCUT2D eigenvalue weighted by molar-refractivity contribution is 9.11. The van der Waals surface area contributed by atoms with Gasteiger partial charge in [-0.1, -0.05) is 21.1 Å². The molecular weight excluding hydrogens is 380 g/mol. The van der Waals surface area contributed by atoms with Gasteiger partial charge >= 0.3 is 0 Å². The zero-order valence-electron chi connectivity index (χ0n) is 9.94. The molecule has 0 radical (unpaired) electrons. The molecule has 0 spiro atoms. The first kappa shape index (κ1) is 14.1. The van der Waals surface area contributed by atoms with E-state index < -0.39 is 0 Å². The Balaban J connectivity index is 1.89. The van der Waals surface area contributed by atoms with Crippen molar-refractivity contribution in [3.63, 3.8) is 0 Å². The Bertz CT molecular complexity index is 598. The maximum absolute atomic E-state index is 11.6. The topological polar surface area (TPSA) is 64.4 Å². The summed E-state index contributed by atoms with van der Waals surface area (Å²) in [6.07, 6.45) is 0. The van der Waals surface area contributed by atoms with Crippen LogP contribution >= 0.6 is 31.9 Å². The van der Waals surface area contributed by atoms with Crippen molar-refractivity contribution < 1.29 is 14.1 Å². The number of benzene rings is 1. The molecule has 7 heteroatoms. The molecule has 0 saturated carbocycles. The third-order valence-electron chi connectivity index (χ3n) is 2.15. The van der Waals surface area contributed by atoms with Crippen LogP contribution < -0.4 is 10.1 Å². The average Bonchev–Trinajstić information content (AvgIpc) is 2.73. The molecule has 0 fully saturated rings. The van der Waals surface area contributed by atoms with Crippen molar-refractivity contribution in [1.82, 2.24) is 5.16 Å². The second-order valence-corrected chi connectivity index (χ2v) is 5.50. The predicted octanol–water partition coefficient (Wildman–Crippen LogP) is 3.53. The highest BCUT2D eigenvalue weighted by Gasteiger charge is 2.08. The summed E-state index contributed by atoms with van der Waals surface area (Å²) in [5.74, 6) is 1.30. The molecule has 1 N–H and O–H groups in total. The van der Waals surface area contributed by atoms with E-state index in [-0.39, 0.29) is 12.5 Å². The third-order valence-corrected chi connectivity index (χ3v) is 3.26. The molecule has 100 valence electrons. The van der Waals surface area contributed by atoms with Crippen molar-refractivity contribution in [1.29, 1.82) is 0 Å². The van der Waals surface area contributed by atoms with Gasteiger partial charge in [0.2, 0.25) is 0 Å². The number of hydrogen-bond donors (Lipinski definition) is 1. The number of rotatable bonds is 4. The Kier molecular flexibility index (Phi) is 4.60. The monoisotopic (exact) mass is 388 g/mol. The van der Waals surface area contributed by atoms with E-state index in [9.17, 15) is 4.79 Å². The van der Waals surface area contributed by atoms with Gasteiger partial charge in [0, 0.05) is 10.5 Å². The summed E-state index contributed by atoms with van der Waals surface area (Å²) in [4.78, 5) is 11.6. The number of amides is 1. The summed E-state index contributed by atoms with van der Waals surface area (Å²) < 4.78 is 11.9. The predicted molar refractivity (Wildman–Crippen MR) is 77.2 cm³/mol. The van der Waals surface area contributed by atoms with E-state index >= 15 is 0 Å². The van der Waals surface area contributed by atoms with E-state index in [1.807, 2.05) is 12.1 Å². The Morgan fingerprint density at radius 3 is 2.84 bits per heavy atom.